The van der Waals surface area contributed by atoms with Crippen molar-refractivity contribution in [2.45, 2.75) is 52.0 Å². The predicted molar refractivity (Wildman–Crippen MR) is 89.7 cm³/mol. The summed E-state index contributed by atoms with van der Waals surface area (Å²) in [7, 11) is 0. The molecule has 0 radical (unpaired) electrons. The maximum atomic E-state index is 9.63. The third kappa shape index (κ3) is 5.08. The van der Waals surface area contributed by atoms with Gasteiger partial charge in [0.05, 0.1) is 0 Å². The number of halogens is 1. The summed E-state index contributed by atoms with van der Waals surface area (Å²) in [5.74, 6) is 1.27. The van der Waals surface area contributed by atoms with Gasteiger partial charge in [-0.3, -0.25) is 4.90 Å². The van der Waals surface area contributed by atoms with Crippen LogP contribution in [0.25, 0.3) is 0 Å². The van der Waals surface area contributed by atoms with Crippen molar-refractivity contribution in [3.63, 3.8) is 0 Å². The van der Waals surface area contributed by atoms with E-state index in [2.05, 4.69) is 18.7 Å². The van der Waals surface area contributed by atoms with Gasteiger partial charge in [0.15, 0.2) is 0 Å². The van der Waals surface area contributed by atoms with Crippen molar-refractivity contribution < 1.29 is 9.84 Å². The first-order chi connectivity index (χ1) is 9.74. The molecule has 3 nitrogen and oxygen atoms in total. The fraction of sp³-hybridized carbons (Fsp3) is 0.647. The minimum Gasteiger partial charge on any atom is -0.508 e. The zero-order valence-electron chi connectivity index (χ0n) is 13.2. The summed E-state index contributed by atoms with van der Waals surface area (Å²) in [6.45, 7) is 7.55. The van der Waals surface area contributed by atoms with E-state index in [-0.39, 0.29) is 12.4 Å². The molecule has 0 aliphatic carbocycles. The number of aromatic hydroxyl groups is 1. The fourth-order valence-electron chi connectivity index (χ4n) is 2.80. The number of hydrogen-bond donors (Lipinski definition) is 1. The molecule has 1 aromatic carbocycles. The van der Waals surface area contributed by atoms with Gasteiger partial charge >= 0.3 is 0 Å². The third-order valence-electron chi connectivity index (χ3n) is 4.04. The summed E-state index contributed by atoms with van der Waals surface area (Å²) in [6, 6.07) is 5.87. The molecule has 0 aromatic heterocycles. The van der Waals surface area contributed by atoms with Crippen LogP contribution in [0.15, 0.2) is 18.2 Å². The van der Waals surface area contributed by atoms with E-state index >= 15 is 0 Å². The van der Waals surface area contributed by atoms with Gasteiger partial charge in [-0.15, -0.1) is 12.4 Å². The van der Waals surface area contributed by atoms with Crippen molar-refractivity contribution in [1.29, 1.82) is 0 Å². The fourth-order valence-corrected chi connectivity index (χ4v) is 2.80. The predicted octanol–water partition coefficient (Wildman–Crippen LogP) is 4.02. The molecule has 1 unspecified atom stereocenters. The summed E-state index contributed by atoms with van der Waals surface area (Å²) in [6.07, 6.45) is 5.93. The van der Waals surface area contributed by atoms with E-state index in [4.69, 9.17) is 4.74 Å². The highest BCUT2D eigenvalue weighted by Crippen LogP contribution is 2.29. The second kappa shape index (κ2) is 9.16. The van der Waals surface area contributed by atoms with E-state index in [9.17, 15) is 5.11 Å². The van der Waals surface area contributed by atoms with E-state index in [1.165, 1.54) is 25.7 Å². The lowest BCUT2D eigenvalue weighted by Crippen LogP contribution is -2.44. The normalized spacial score (nSPS) is 17.0. The van der Waals surface area contributed by atoms with Crippen molar-refractivity contribution in [3.05, 3.63) is 23.8 Å². The molecule has 2 rings (SSSR count). The Labute approximate surface area is 134 Å². The van der Waals surface area contributed by atoms with Crippen molar-refractivity contribution in [3.8, 4) is 11.5 Å². The highest BCUT2D eigenvalue weighted by atomic mass is 35.5. The maximum absolute atomic E-state index is 9.63. The number of hydrogen-bond acceptors (Lipinski definition) is 3. The first-order valence-corrected chi connectivity index (χ1v) is 7.93. The molecule has 0 spiro atoms. The van der Waals surface area contributed by atoms with Gasteiger partial charge in [0.1, 0.15) is 18.1 Å². The molecule has 1 aliphatic rings. The van der Waals surface area contributed by atoms with Gasteiger partial charge in [0.2, 0.25) is 0 Å². The Morgan fingerprint density at radius 1 is 1.19 bits per heavy atom. The number of nitrogens with zero attached hydrogens (tertiary/aromatic N) is 1. The number of phenolic OH excluding ortho intramolecular Hbond substituents is 1. The van der Waals surface area contributed by atoms with Crippen molar-refractivity contribution in [1.82, 2.24) is 4.90 Å². The Hall–Kier alpha value is -0.930. The van der Waals surface area contributed by atoms with E-state index in [1.54, 1.807) is 6.07 Å². The van der Waals surface area contributed by atoms with E-state index < -0.39 is 0 Å². The molecule has 1 aromatic rings. The number of rotatable bonds is 7. The summed E-state index contributed by atoms with van der Waals surface area (Å²) in [5, 5.41) is 9.63. The summed E-state index contributed by atoms with van der Waals surface area (Å²) < 4.78 is 5.88. The lowest BCUT2D eigenvalue weighted by molar-refractivity contribution is 0.116. The molecule has 1 aliphatic heterocycles. The Morgan fingerprint density at radius 2 is 1.86 bits per heavy atom. The smallest absolute Gasteiger partial charge is 0.122 e. The molecule has 0 fully saturated rings. The van der Waals surface area contributed by atoms with Crippen LogP contribution in [0.5, 0.6) is 11.5 Å². The molecule has 1 atom stereocenters. The number of ether oxygens (including phenoxy) is 1. The largest absolute Gasteiger partial charge is 0.508 e. The van der Waals surface area contributed by atoms with E-state index in [0.29, 0.717) is 11.8 Å². The lowest BCUT2D eigenvalue weighted by atomic mass is 10.0. The minimum absolute atomic E-state index is 0. The number of unbranched alkanes of at least 4 members (excludes halogenated alkanes) is 2. The standard InChI is InChI=1S/C17H27NO2.ClH/c1-3-5-9-18(10-6-4-2)15-11-14-12-16(19)7-8-17(14)20-13-15;/h7-8,12,15,19H,3-6,9-11,13H2,1-2H3;1H. The minimum atomic E-state index is 0. The van der Waals surface area contributed by atoms with Crippen molar-refractivity contribution >= 4 is 12.4 Å². The first kappa shape index (κ1) is 18.1. The quantitative estimate of drug-likeness (QED) is 0.825. The highest BCUT2D eigenvalue weighted by Gasteiger charge is 2.25. The molecular weight excluding hydrogens is 286 g/mol. The monoisotopic (exact) mass is 313 g/mol. The lowest BCUT2D eigenvalue weighted by Gasteiger charge is -2.35. The highest BCUT2D eigenvalue weighted by molar-refractivity contribution is 5.85. The van der Waals surface area contributed by atoms with Gasteiger partial charge in [0, 0.05) is 6.04 Å². The molecule has 120 valence electrons. The Bertz CT molecular complexity index is 417. The van der Waals surface area contributed by atoms with Gasteiger partial charge in [-0.1, -0.05) is 26.7 Å². The molecular formula is C17H28ClNO2. The molecule has 0 bridgehead atoms. The SMILES string of the molecule is CCCCN(CCCC)C1COc2ccc(O)cc2C1.Cl. The van der Waals surface area contributed by atoms with Crippen LogP contribution >= 0.6 is 12.4 Å². The van der Waals surface area contributed by atoms with E-state index in [1.807, 2.05) is 12.1 Å². The topological polar surface area (TPSA) is 32.7 Å². The molecule has 0 amide bonds. The summed E-state index contributed by atoms with van der Waals surface area (Å²) >= 11 is 0. The zero-order chi connectivity index (χ0) is 14.4. The molecule has 1 heterocycles. The summed E-state index contributed by atoms with van der Waals surface area (Å²) in [4.78, 5) is 2.57. The number of fused-ring (bicyclic) bond motifs is 1. The van der Waals surface area contributed by atoms with E-state index in [0.717, 1.165) is 37.4 Å². The van der Waals surface area contributed by atoms with Crippen LogP contribution in [-0.2, 0) is 6.42 Å². The van der Waals surface area contributed by atoms with Crippen LogP contribution in [0.4, 0.5) is 0 Å². The Kier molecular flexibility index (Phi) is 7.91. The van der Waals surface area contributed by atoms with Gasteiger partial charge in [0.25, 0.3) is 0 Å². The summed E-state index contributed by atoms with van der Waals surface area (Å²) in [5.41, 5.74) is 1.14. The average molecular weight is 314 g/mol. The second-order valence-electron chi connectivity index (χ2n) is 5.70. The molecule has 21 heavy (non-hydrogen) atoms. The first-order valence-electron chi connectivity index (χ1n) is 7.93. The Balaban J connectivity index is 0.00000220. The van der Waals surface area contributed by atoms with Crippen molar-refractivity contribution in [2.24, 2.45) is 0 Å². The Morgan fingerprint density at radius 3 is 2.48 bits per heavy atom. The van der Waals surface area contributed by atoms with Crippen LogP contribution in [-0.4, -0.2) is 35.7 Å². The molecule has 4 heteroatoms. The zero-order valence-corrected chi connectivity index (χ0v) is 14.0. The number of phenols is 1. The van der Waals surface area contributed by atoms with Crippen LogP contribution in [0.1, 0.15) is 45.1 Å². The molecule has 1 N–H and O–H groups in total. The van der Waals surface area contributed by atoms with Gasteiger partial charge in [-0.05, 0) is 56.1 Å². The third-order valence-corrected chi connectivity index (χ3v) is 4.04. The molecule has 0 saturated carbocycles. The van der Waals surface area contributed by atoms with Crippen LogP contribution in [0.2, 0.25) is 0 Å². The second-order valence-corrected chi connectivity index (χ2v) is 5.70. The van der Waals surface area contributed by atoms with Gasteiger partial charge in [-0.25, -0.2) is 0 Å². The number of benzene rings is 1. The van der Waals surface area contributed by atoms with Gasteiger partial charge in [-0.2, -0.15) is 0 Å². The maximum Gasteiger partial charge on any atom is 0.122 e. The van der Waals surface area contributed by atoms with Crippen molar-refractivity contribution in [2.75, 3.05) is 19.7 Å². The van der Waals surface area contributed by atoms with Crippen LogP contribution in [0, 0.1) is 0 Å². The van der Waals surface area contributed by atoms with Crippen LogP contribution < -0.4 is 4.74 Å². The van der Waals surface area contributed by atoms with Gasteiger partial charge < -0.3 is 9.84 Å². The van der Waals surface area contributed by atoms with Crippen LogP contribution in [0.3, 0.4) is 0 Å². The molecule has 0 saturated heterocycles. The average Bonchev–Trinajstić information content (AvgIpc) is 2.46.